The van der Waals surface area contributed by atoms with Gasteiger partial charge in [0, 0.05) is 18.4 Å². The van der Waals surface area contributed by atoms with Gasteiger partial charge in [0.25, 0.3) is 0 Å². The van der Waals surface area contributed by atoms with Gasteiger partial charge < -0.3 is 10.4 Å². The van der Waals surface area contributed by atoms with Gasteiger partial charge in [0.05, 0.1) is 6.04 Å². The number of amides is 1. The third kappa shape index (κ3) is 5.03. The maximum Gasteiger partial charge on any atom is 0.303 e. The number of hydrogen-bond acceptors (Lipinski definition) is 2. The molecule has 0 aliphatic rings. The first-order valence-corrected chi connectivity index (χ1v) is 5.86. The molecule has 0 aliphatic heterocycles. The first-order chi connectivity index (χ1) is 8.90. The summed E-state index contributed by atoms with van der Waals surface area (Å²) >= 11 is 0. The van der Waals surface area contributed by atoms with E-state index in [-0.39, 0.29) is 24.8 Å². The van der Waals surface area contributed by atoms with E-state index in [0.29, 0.717) is 0 Å². The van der Waals surface area contributed by atoms with Crippen LogP contribution in [0, 0.1) is 11.6 Å². The van der Waals surface area contributed by atoms with Crippen molar-refractivity contribution >= 4 is 11.9 Å². The Labute approximate surface area is 109 Å². The van der Waals surface area contributed by atoms with Gasteiger partial charge in [-0.15, -0.1) is 0 Å². The highest BCUT2D eigenvalue weighted by atomic mass is 19.1. The maximum absolute atomic E-state index is 13.4. The molecule has 1 aromatic rings. The molecule has 4 nitrogen and oxygen atoms in total. The summed E-state index contributed by atoms with van der Waals surface area (Å²) in [5, 5.41) is 10.9. The van der Waals surface area contributed by atoms with Crippen molar-refractivity contribution < 1.29 is 23.5 Å². The highest BCUT2D eigenvalue weighted by molar-refractivity contribution is 5.77. The molecule has 6 heteroatoms. The van der Waals surface area contributed by atoms with Crippen LogP contribution in [0.4, 0.5) is 8.78 Å². The Hall–Kier alpha value is -1.98. The first-order valence-electron chi connectivity index (χ1n) is 5.86. The molecule has 0 saturated heterocycles. The van der Waals surface area contributed by atoms with Crippen molar-refractivity contribution in [2.45, 2.75) is 32.2 Å². The molecule has 1 unspecified atom stereocenters. The van der Waals surface area contributed by atoms with E-state index in [4.69, 9.17) is 5.11 Å². The first kappa shape index (κ1) is 15.1. The Bertz CT molecular complexity index is 477. The summed E-state index contributed by atoms with van der Waals surface area (Å²) in [5.74, 6) is -2.54. The number of rotatable bonds is 6. The Balaban J connectivity index is 2.54. The number of hydrogen-bond donors (Lipinski definition) is 2. The lowest BCUT2D eigenvalue weighted by atomic mass is 10.1. The lowest BCUT2D eigenvalue weighted by Gasteiger charge is -2.15. The zero-order valence-corrected chi connectivity index (χ0v) is 10.5. The third-order valence-electron chi connectivity index (χ3n) is 2.60. The van der Waals surface area contributed by atoms with Crippen molar-refractivity contribution in [3.05, 3.63) is 35.4 Å². The molecular formula is C13H15F2NO3. The number of benzene rings is 1. The lowest BCUT2D eigenvalue weighted by Crippen LogP contribution is -2.27. The normalized spacial score (nSPS) is 11.9. The van der Waals surface area contributed by atoms with Crippen LogP contribution in [-0.4, -0.2) is 17.0 Å². The van der Waals surface area contributed by atoms with Crippen LogP contribution in [0.15, 0.2) is 18.2 Å². The van der Waals surface area contributed by atoms with Crippen LogP contribution in [-0.2, 0) is 9.59 Å². The molecule has 2 N–H and O–H groups in total. The minimum Gasteiger partial charge on any atom is -0.481 e. The summed E-state index contributed by atoms with van der Waals surface area (Å²) in [5.41, 5.74) is 0.0617. The van der Waals surface area contributed by atoms with E-state index in [1.54, 1.807) is 0 Å². The minimum absolute atomic E-state index is 0.0353. The fraction of sp³-hybridized carbons (Fsp3) is 0.385. The molecular weight excluding hydrogens is 256 g/mol. The Morgan fingerprint density at radius 3 is 2.63 bits per heavy atom. The molecule has 1 aromatic carbocycles. The van der Waals surface area contributed by atoms with Gasteiger partial charge in [-0.3, -0.25) is 9.59 Å². The van der Waals surface area contributed by atoms with Crippen LogP contribution in [0.1, 0.15) is 37.8 Å². The molecule has 0 bridgehead atoms. The molecule has 0 fully saturated rings. The van der Waals surface area contributed by atoms with Crippen LogP contribution in [0.25, 0.3) is 0 Å². The van der Waals surface area contributed by atoms with Crippen molar-refractivity contribution in [3.8, 4) is 0 Å². The van der Waals surface area contributed by atoms with E-state index >= 15 is 0 Å². The summed E-state index contributed by atoms with van der Waals surface area (Å²) in [7, 11) is 0. The quantitative estimate of drug-likeness (QED) is 0.835. The second kappa shape index (κ2) is 6.82. The molecule has 1 amide bonds. The summed E-state index contributed by atoms with van der Waals surface area (Å²) < 4.78 is 26.4. The number of nitrogens with one attached hydrogen (secondary N) is 1. The SMILES string of the molecule is CC(NC(=O)CCCC(=O)O)c1cc(F)ccc1F. The molecule has 0 aromatic heterocycles. The van der Waals surface area contributed by atoms with E-state index in [1.807, 2.05) is 0 Å². The molecule has 0 radical (unpaired) electrons. The highest BCUT2D eigenvalue weighted by Gasteiger charge is 2.14. The molecule has 0 saturated carbocycles. The molecule has 1 atom stereocenters. The van der Waals surface area contributed by atoms with Crippen LogP contribution >= 0.6 is 0 Å². The zero-order chi connectivity index (χ0) is 14.4. The largest absolute Gasteiger partial charge is 0.481 e. The van der Waals surface area contributed by atoms with Gasteiger partial charge in [0.15, 0.2) is 0 Å². The van der Waals surface area contributed by atoms with E-state index < -0.39 is 29.6 Å². The Morgan fingerprint density at radius 1 is 1.32 bits per heavy atom. The van der Waals surface area contributed by atoms with E-state index in [9.17, 15) is 18.4 Å². The van der Waals surface area contributed by atoms with E-state index in [1.165, 1.54) is 6.92 Å². The second-order valence-corrected chi connectivity index (χ2v) is 4.20. The maximum atomic E-state index is 13.4. The molecule has 19 heavy (non-hydrogen) atoms. The molecule has 0 spiro atoms. The lowest BCUT2D eigenvalue weighted by molar-refractivity contribution is -0.137. The van der Waals surface area contributed by atoms with Crippen LogP contribution in [0.3, 0.4) is 0 Å². The van der Waals surface area contributed by atoms with E-state index in [2.05, 4.69) is 5.32 Å². The molecule has 1 rings (SSSR count). The van der Waals surface area contributed by atoms with Gasteiger partial charge in [0.2, 0.25) is 5.91 Å². The Morgan fingerprint density at radius 2 is 2.00 bits per heavy atom. The monoisotopic (exact) mass is 271 g/mol. The number of carboxylic acid groups (broad SMARTS) is 1. The van der Waals surface area contributed by atoms with Gasteiger partial charge in [-0.2, -0.15) is 0 Å². The van der Waals surface area contributed by atoms with Crippen molar-refractivity contribution in [2.24, 2.45) is 0 Å². The fourth-order valence-electron chi connectivity index (χ4n) is 1.64. The van der Waals surface area contributed by atoms with Crippen LogP contribution in [0.2, 0.25) is 0 Å². The number of carbonyl (C=O) groups is 2. The van der Waals surface area contributed by atoms with Crippen molar-refractivity contribution in [1.29, 1.82) is 0 Å². The zero-order valence-electron chi connectivity index (χ0n) is 10.5. The summed E-state index contributed by atoms with van der Waals surface area (Å²) in [6, 6.07) is 2.35. The Kier molecular flexibility index (Phi) is 5.41. The van der Waals surface area contributed by atoms with Gasteiger partial charge in [0.1, 0.15) is 11.6 Å². The van der Waals surface area contributed by atoms with Gasteiger partial charge in [-0.25, -0.2) is 8.78 Å². The van der Waals surface area contributed by atoms with Gasteiger partial charge in [-0.1, -0.05) is 0 Å². The van der Waals surface area contributed by atoms with Crippen LogP contribution in [0.5, 0.6) is 0 Å². The molecule has 0 heterocycles. The minimum atomic E-state index is -0.975. The van der Waals surface area contributed by atoms with Gasteiger partial charge in [-0.05, 0) is 31.5 Å². The van der Waals surface area contributed by atoms with Gasteiger partial charge >= 0.3 is 5.97 Å². The van der Waals surface area contributed by atoms with Crippen molar-refractivity contribution in [3.63, 3.8) is 0 Å². The second-order valence-electron chi connectivity index (χ2n) is 4.20. The molecule has 0 aliphatic carbocycles. The number of carbonyl (C=O) groups excluding carboxylic acids is 1. The van der Waals surface area contributed by atoms with Crippen LogP contribution < -0.4 is 5.32 Å². The summed E-state index contributed by atoms with van der Waals surface area (Å²) in [6.07, 6.45) is 0.142. The fourth-order valence-corrected chi connectivity index (χ4v) is 1.64. The predicted octanol–water partition coefficient (Wildman–Crippen LogP) is 2.40. The summed E-state index contributed by atoms with van der Waals surface area (Å²) in [4.78, 5) is 21.8. The number of aliphatic carboxylic acids is 1. The van der Waals surface area contributed by atoms with Crippen molar-refractivity contribution in [1.82, 2.24) is 5.32 Å². The van der Waals surface area contributed by atoms with E-state index in [0.717, 1.165) is 18.2 Å². The smallest absolute Gasteiger partial charge is 0.303 e. The van der Waals surface area contributed by atoms with Crippen molar-refractivity contribution in [2.75, 3.05) is 0 Å². The number of halogens is 2. The molecule has 104 valence electrons. The predicted molar refractivity (Wildman–Crippen MR) is 64.4 cm³/mol. The summed E-state index contributed by atoms with van der Waals surface area (Å²) in [6.45, 7) is 1.53. The standard InChI is InChI=1S/C13H15F2NO3/c1-8(10-7-9(14)5-6-11(10)15)16-12(17)3-2-4-13(18)19/h5-8H,2-4H2,1H3,(H,16,17)(H,18,19). The third-order valence-corrected chi connectivity index (χ3v) is 2.60. The average Bonchev–Trinajstić information content (AvgIpc) is 2.31. The topological polar surface area (TPSA) is 66.4 Å². The average molecular weight is 271 g/mol. The number of carboxylic acids is 1. The highest BCUT2D eigenvalue weighted by Crippen LogP contribution is 2.18.